The quantitative estimate of drug-likeness (QED) is 0.749. The van der Waals surface area contributed by atoms with Crippen LogP contribution in [0.4, 0.5) is 17.3 Å². The zero-order chi connectivity index (χ0) is 13.2. The number of methoxy groups -OCH3 is 1. The number of nitrogen functional groups attached to an aromatic ring is 1. The summed E-state index contributed by atoms with van der Waals surface area (Å²) in [7, 11) is 1.63. The Bertz CT molecular complexity index is 722. The first-order chi connectivity index (χ1) is 9.26. The molecule has 0 unspecified atom stereocenters. The molecule has 0 aliphatic rings. The smallest absolute Gasteiger partial charge is 0.180 e. The summed E-state index contributed by atoms with van der Waals surface area (Å²) in [4.78, 5) is 8.52. The first-order valence-corrected chi connectivity index (χ1v) is 5.76. The van der Waals surface area contributed by atoms with E-state index in [0.29, 0.717) is 11.6 Å². The molecule has 0 bridgehead atoms. The maximum Gasteiger partial charge on any atom is 0.180 e. The minimum absolute atomic E-state index is 0.427. The van der Waals surface area contributed by atoms with Gasteiger partial charge < -0.3 is 20.2 Å². The fourth-order valence-corrected chi connectivity index (χ4v) is 1.87. The molecule has 0 atom stereocenters. The molecule has 0 saturated heterocycles. The molecule has 2 aromatic heterocycles. The highest BCUT2D eigenvalue weighted by Crippen LogP contribution is 2.23. The number of benzene rings is 1. The Morgan fingerprint density at radius 1 is 1.37 bits per heavy atom. The summed E-state index contributed by atoms with van der Waals surface area (Å²) in [6.45, 7) is 0. The van der Waals surface area contributed by atoms with E-state index < -0.39 is 0 Å². The van der Waals surface area contributed by atoms with Gasteiger partial charge in [-0.1, -0.05) is 6.07 Å². The highest BCUT2D eigenvalue weighted by Gasteiger charge is 2.06. The number of aromatic nitrogens is 3. The van der Waals surface area contributed by atoms with E-state index in [4.69, 9.17) is 10.5 Å². The van der Waals surface area contributed by atoms with Crippen molar-refractivity contribution < 1.29 is 4.74 Å². The van der Waals surface area contributed by atoms with E-state index in [1.165, 1.54) is 0 Å². The second kappa shape index (κ2) is 4.49. The fraction of sp³-hybridized carbons (Fsp3) is 0.0769. The van der Waals surface area contributed by atoms with Gasteiger partial charge in [0.05, 0.1) is 13.3 Å². The van der Waals surface area contributed by atoms with Crippen LogP contribution in [0.5, 0.6) is 5.75 Å². The second-order valence-electron chi connectivity index (χ2n) is 4.03. The number of hydrogen-bond donors (Lipinski definition) is 2. The number of hydrogen-bond acceptors (Lipinski definition) is 5. The van der Waals surface area contributed by atoms with Gasteiger partial charge in [0, 0.05) is 24.1 Å². The van der Waals surface area contributed by atoms with Crippen molar-refractivity contribution in [2.24, 2.45) is 0 Å². The van der Waals surface area contributed by atoms with Crippen molar-refractivity contribution in [2.45, 2.75) is 0 Å². The lowest BCUT2D eigenvalue weighted by Gasteiger charge is -2.09. The average molecular weight is 255 g/mol. The number of nitrogens with zero attached hydrogens (tertiary/aromatic N) is 3. The Morgan fingerprint density at radius 2 is 2.26 bits per heavy atom. The van der Waals surface area contributed by atoms with Gasteiger partial charge in [0.2, 0.25) is 0 Å². The molecule has 1 aromatic carbocycles. The zero-order valence-electron chi connectivity index (χ0n) is 10.4. The molecular weight excluding hydrogens is 242 g/mol. The summed E-state index contributed by atoms with van der Waals surface area (Å²) in [5.41, 5.74) is 7.35. The largest absolute Gasteiger partial charge is 0.497 e. The Labute approximate surface area is 109 Å². The lowest BCUT2D eigenvalue weighted by molar-refractivity contribution is 0.415. The molecule has 3 N–H and O–H groups in total. The van der Waals surface area contributed by atoms with Crippen molar-refractivity contribution in [3.63, 3.8) is 0 Å². The van der Waals surface area contributed by atoms with Gasteiger partial charge in [-0.05, 0) is 12.1 Å². The molecule has 0 saturated carbocycles. The van der Waals surface area contributed by atoms with Gasteiger partial charge >= 0.3 is 0 Å². The standard InChI is InChI=1S/C13H13N5O/c1-19-10-4-2-3-9(7-10)16-12-13-15-5-6-18(13)8-11(14)17-12/h2-8H,14H2,1H3,(H,16,17). The maximum atomic E-state index is 5.77. The summed E-state index contributed by atoms with van der Waals surface area (Å²) in [5, 5.41) is 3.19. The molecule has 3 aromatic rings. The molecule has 0 aliphatic heterocycles. The molecule has 19 heavy (non-hydrogen) atoms. The van der Waals surface area contributed by atoms with Crippen LogP contribution in [-0.2, 0) is 0 Å². The molecular formula is C13H13N5O. The fourth-order valence-electron chi connectivity index (χ4n) is 1.87. The number of fused-ring (bicyclic) bond motifs is 1. The lowest BCUT2D eigenvalue weighted by Crippen LogP contribution is -2.02. The van der Waals surface area contributed by atoms with E-state index in [2.05, 4.69) is 15.3 Å². The first kappa shape index (κ1) is 11.3. The SMILES string of the molecule is COc1cccc(Nc2nc(N)cn3ccnc23)c1. The average Bonchev–Trinajstić information content (AvgIpc) is 2.87. The third-order valence-electron chi connectivity index (χ3n) is 2.73. The zero-order valence-corrected chi connectivity index (χ0v) is 10.4. The van der Waals surface area contributed by atoms with E-state index in [1.54, 1.807) is 19.5 Å². The summed E-state index contributed by atoms with van der Waals surface area (Å²) < 4.78 is 7.01. The molecule has 0 aliphatic carbocycles. The van der Waals surface area contributed by atoms with Gasteiger partial charge in [0.15, 0.2) is 11.5 Å². The first-order valence-electron chi connectivity index (χ1n) is 5.76. The highest BCUT2D eigenvalue weighted by atomic mass is 16.5. The Balaban J connectivity index is 2.02. The molecule has 96 valence electrons. The summed E-state index contributed by atoms with van der Waals surface area (Å²) in [6.07, 6.45) is 5.25. The van der Waals surface area contributed by atoms with E-state index in [9.17, 15) is 0 Å². The molecule has 2 heterocycles. The van der Waals surface area contributed by atoms with Crippen molar-refractivity contribution >= 4 is 23.0 Å². The van der Waals surface area contributed by atoms with Crippen molar-refractivity contribution in [1.82, 2.24) is 14.4 Å². The van der Waals surface area contributed by atoms with Gasteiger partial charge in [0.1, 0.15) is 11.6 Å². The van der Waals surface area contributed by atoms with Crippen LogP contribution >= 0.6 is 0 Å². The third kappa shape index (κ3) is 2.15. The molecule has 3 rings (SSSR count). The Hall–Kier alpha value is -2.76. The van der Waals surface area contributed by atoms with Crippen LogP contribution < -0.4 is 15.8 Å². The number of ether oxygens (including phenoxy) is 1. The number of anilines is 3. The van der Waals surface area contributed by atoms with Crippen LogP contribution in [0.1, 0.15) is 0 Å². The highest BCUT2D eigenvalue weighted by molar-refractivity contribution is 5.71. The van der Waals surface area contributed by atoms with Crippen LogP contribution in [0, 0.1) is 0 Å². The van der Waals surface area contributed by atoms with Gasteiger partial charge in [0.25, 0.3) is 0 Å². The maximum absolute atomic E-state index is 5.77. The predicted molar refractivity (Wildman–Crippen MR) is 73.7 cm³/mol. The molecule has 0 spiro atoms. The number of nitrogens with two attached hydrogens (primary N) is 1. The molecule has 6 nitrogen and oxygen atoms in total. The molecule has 0 fully saturated rings. The third-order valence-corrected chi connectivity index (χ3v) is 2.73. The van der Waals surface area contributed by atoms with Crippen LogP contribution in [-0.4, -0.2) is 21.5 Å². The summed E-state index contributed by atoms with van der Waals surface area (Å²) in [5.74, 6) is 1.81. The molecule has 6 heteroatoms. The van der Waals surface area contributed by atoms with Crippen LogP contribution in [0.15, 0.2) is 42.9 Å². The number of imidazole rings is 1. The number of rotatable bonds is 3. The van der Waals surface area contributed by atoms with Crippen LogP contribution in [0.2, 0.25) is 0 Å². The van der Waals surface area contributed by atoms with Gasteiger partial charge in [-0.3, -0.25) is 0 Å². The molecule has 0 amide bonds. The normalized spacial score (nSPS) is 10.6. The van der Waals surface area contributed by atoms with Gasteiger partial charge in [-0.15, -0.1) is 0 Å². The monoisotopic (exact) mass is 255 g/mol. The van der Waals surface area contributed by atoms with E-state index in [-0.39, 0.29) is 0 Å². The van der Waals surface area contributed by atoms with E-state index >= 15 is 0 Å². The Kier molecular flexibility index (Phi) is 2.68. The minimum Gasteiger partial charge on any atom is -0.497 e. The second-order valence-corrected chi connectivity index (χ2v) is 4.03. The minimum atomic E-state index is 0.427. The van der Waals surface area contributed by atoms with Gasteiger partial charge in [-0.25, -0.2) is 9.97 Å². The van der Waals surface area contributed by atoms with Crippen LogP contribution in [0.25, 0.3) is 5.65 Å². The van der Waals surface area contributed by atoms with Gasteiger partial charge in [-0.2, -0.15) is 0 Å². The van der Waals surface area contributed by atoms with E-state index in [0.717, 1.165) is 17.1 Å². The summed E-state index contributed by atoms with van der Waals surface area (Å²) >= 11 is 0. The van der Waals surface area contributed by atoms with Crippen molar-refractivity contribution in [3.8, 4) is 5.75 Å². The molecule has 0 radical (unpaired) electrons. The van der Waals surface area contributed by atoms with E-state index in [1.807, 2.05) is 34.9 Å². The van der Waals surface area contributed by atoms with Crippen LogP contribution in [0.3, 0.4) is 0 Å². The van der Waals surface area contributed by atoms with Crippen molar-refractivity contribution in [3.05, 3.63) is 42.9 Å². The predicted octanol–water partition coefficient (Wildman–Crippen LogP) is 2.06. The number of nitrogens with one attached hydrogen (secondary N) is 1. The summed E-state index contributed by atoms with van der Waals surface area (Å²) in [6, 6.07) is 7.58. The topological polar surface area (TPSA) is 77.5 Å². The van der Waals surface area contributed by atoms with Crippen molar-refractivity contribution in [2.75, 3.05) is 18.2 Å². The Morgan fingerprint density at radius 3 is 3.11 bits per heavy atom. The lowest BCUT2D eigenvalue weighted by atomic mass is 10.3. The van der Waals surface area contributed by atoms with Crippen molar-refractivity contribution in [1.29, 1.82) is 0 Å².